The lowest BCUT2D eigenvalue weighted by atomic mass is 9.97. The number of hydrogen-bond acceptors (Lipinski definition) is 3. The lowest BCUT2D eigenvalue weighted by Gasteiger charge is -2.23. The molecule has 3 heteroatoms. The van der Waals surface area contributed by atoms with Gasteiger partial charge in [-0.05, 0) is 38.6 Å². The Kier molecular flexibility index (Phi) is 3.42. The molecule has 1 aromatic rings. The van der Waals surface area contributed by atoms with Crippen LogP contribution in [0.25, 0.3) is 0 Å². The summed E-state index contributed by atoms with van der Waals surface area (Å²) in [6, 6.07) is 0.572. The van der Waals surface area contributed by atoms with Crippen molar-refractivity contribution in [2.45, 2.75) is 46.1 Å². The molecule has 0 bridgehead atoms. The third kappa shape index (κ3) is 2.58. The Bertz CT molecular complexity index is 330. The standard InChI is InChI=1S/C12H20N2S/c1-8(2)7-13-10-5-4-6-11-12(10)15-9(3)14-11/h8,10,13H,4-7H2,1-3H3. The fourth-order valence-corrected chi connectivity index (χ4v) is 3.20. The maximum Gasteiger partial charge on any atom is 0.0900 e. The van der Waals surface area contributed by atoms with E-state index in [2.05, 4.69) is 31.1 Å². The maximum absolute atomic E-state index is 4.61. The van der Waals surface area contributed by atoms with Crippen LogP contribution in [0, 0.1) is 12.8 Å². The number of fused-ring (bicyclic) bond motifs is 1. The monoisotopic (exact) mass is 224 g/mol. The first-order valence-corrected chi connectivity index (χ1v) is 6.68. The zero-order valence-electron chi connectivity index (χ0n) is 9.84. The van der Waals surface area contributed by atoms with Crippen molar-refractivity contribution in [3.63, 3.8) is 0 Å². The molecular weight excluding hydrogens is 204 g/mol. The molecule has 1 aliphatic carbocycles. The van der Waals surface area contributed by atoms with Gasteiger partial charge in [0.1, 0.15) is 0 Å². The van der Waals surface area contributed by atoms with Crippen LogP contribution in [0.5, 0.6) is 0 Å². The summed E-state index contributed by atoms with van der Waals surface area (Å²) in [7, 11) is 0. The molecule has 0 amide bonds. The molecular formula is C12H20N2S. The zero-order chi connectivity index (χ0) is 10.8. The molecule has 0 radical (unpaired) electrons. The second-order valence-corrected chi connectivity index (χ2v) is 6.03. The number of thiazole rings is 1. The molecule has 2 rings (SSSR count). The predicted octanol–water partition coefficient (Wildman–Crippen LogP) is 3.07. The maximum atomic E-state index is 4.61. The molecule has 1 atom stereocenters. The number of hydrogen-bond donors (Lipinski definition) is 1. The Balaban J connectivity index is 2.08. The highest BCUT2D eigenvalue weighted by atomic mass is 32.1. The Morgan fingerprint density at radius 2 is 2.33 bits per heavy atom. The lowest BCUT2D eigenvalue weighted by Crippen LogP contribution is -2.27. The van der Waals surface area contributed by atoms with Gasteiger partial charge in [0.15, 0.2) is 0 Å². The normalized spacial score (nSPS) is 20.7. The van der Waals surface area contributed by atoms with Gasteiger partial charge in [-0.15, -0.1) is 11.3 Å². The van der Waals surface area contributed by atoms with E-state index < -0.39 is 0 Å². The van der Waals surface area contributed by atoms with E-state index in [0.717, 1.165) is 12.5 Å². The molecule has 0 aliphatic heterocycles. The number of nitrogens with one attached hydrogen (secondary N) is 1. The fraction of sp³-hybridized carbons (Fsp3) is 0.750. The van der Waals surface area contributed by atoms with Gasteiger partial charge in [-0.2, -0.15) is 0 Å². The van der Waals surface area contributed by atoms with E-state index in [1.807, 2.05) is 11.3 Å². The average Bonchev–Trinajstić information content (AvgIpc) is 2.55. The SMILES string of the molecule is Cc1nc2c(s1)C(NCC(C)C)CCC2. The Morgan fingerprint density at radius 1 is 1.53 bits per heavy atom. The van der Waals surface area contributed by atoms with Gasteiger partial charge in [-0.1, -0.05) is 13.8 Å². The molecule has 0 fully saturated rings. The van der Waals surface area contributed by atoms with Gasteiger partial charge in [0, 0.05) is 10.9 Å². The van der Waals surface area contributed by atoms with Crippen molar-refractivity contribution in [1.29, 1.82) is 0 Å². The summed E-state index contributed by atoms with van der Waals surface area (Å²) in [4.78, 5) is 6.11. The predicted molar refractivity (Wildman–Crippen MR) is 65.4 cm³/mol. The molecule has 0 spiro atoms. The van der Waals surface area contributed by atoms with Gasteiger partial charge in [-0.25, -0.2) is 4.98 Å². The van der Waals surface area contributed by atoms with Gasteiger partial charge in [-0.3, -0.25) is 0 Å². The lowest BCUT2D eigenvalue weighted by molar-refractivity contribution is 0.430. The summed E-state index contributed by atoms with van der Waals surface area (Å²) in [6.07, 6.45) is 3.74. The van der Waals surface area contributed by atoms with Gasteiger partial charge < -0.3 is 5.32 Å². The second kappa shape index (κ2) is 4.62. The first-order valence-electron chi connectivity index (χ1n) is 5.86. The topological polar surface area (TPSA) is 24.9 Å². The molecule has 1 unspecified atom stereocenters. The minimum atomic E-state index is 0.572. The van der Waals surface area contributed by atoms with Crippen molar-refractivity contribution in [3.8, 4) is 0 Å². The van der Waals surface area contributed by atoms with Crippen LogP contribution < -0.4 is 5.32 Å². The van der Waals surface area contributed by atoms with E-state index in [-0.39, 0.29) is 0 Å². The zero-order valence-corrected chi connectivity index (χ0v) is 10.7. The van der Waals surface area contributed by atoms with Gasteiger partial charge >= 0.3 is 0 Å². The van der Waals surface area contributed by atoms with Crippen LogP contribution in [0.2, 0.25) is 0 Å². The van der Waals surface area contributed by atoms with Gasteiger partial charge in [0.25, 0.3) is 0 Å². The number of aryl methyl sites for hydroxylation is 2. The minimum Gasteiger partial charge on any atom is -0.309 e. The second-order valence-electron chi connectivity index (χ2n) is 4.79. The van der Waals surface area contributed by atoms with Crippen LogP contribution >= 0.6 is 11.3 Å². The summed E-state index contributed by atoms with van der Waals surface area (Å²) in [6.45, 7) is 7.74. The molecule has 0 aromatic carbocycles. The Labute approximate surface area is 96.1 Å². The number of nitrogens with zero attached hydrogens (tertiary/aromatic N) is 1. The number of rotatable bonds is 3. The molecule has 15 heavy (non-hydrogen) atoms. The highest BCUT2D eigenvalue weighted by Gasteiger charge is 2.23. The van der Waals surface area contributed by atoms with E-state index in [9.17, 15) is 0 Å². The molecule has 1 aliphatic rings. The average molecular weight is 224 g/mol. The van der Waals surface area contributed by atoms with Crippen LogP contribution in [0.15, 0.2) is 0 Å². The summed E-state index contributed by atoms with van der Waals surface area (Å²) in [5.74, 6) is 0.726. The van der Waals surface area contributed by atoms with Crippen molar-refractivity contribution < 1.29 is 0 Å². The summed E-state index contributed by atoms with van der Waals surface area (Å²) in [5.41, 5.74) is 1.35. The molecule has 2 nitrogen and oxygen atoms in total. The Hall–Kier alpha value is -0.410. The first-order chi connectivity index (χ1) is 7.16. The first kappa shape index (κ1) is 11.1. The van der Waals surface area contributed by atoms with Crippen LogP contribution in [0.3, 0.4) is 0 Å². The van der Waals surface area contributed by atoms with Crippen molar-refractivity contribution in [2.75, 3.05) is 6.54 Å². The molecule has 1 aromatic heterocycles. The van der Waals surface area contributed by atoms with E-state index in [4.69, 9.17) is 0 Å². The number of aromatic nitrogens is 1. The fourth-order valence-electron chi connectivity index (χ4n) is 2.11. The van der Waals surface area contributed by atoms with E-state index >= 15 is 0 Å². The van der Waals surface area contributed by atoms with E-state index in [1.165, 1.54) is 34.8 Å². The van der Waals surface area contributed by atoms with Crippen molar-refractivity contribution >= 4 is 11.3 Å². The molecule has 1 heterocycles. The van der Waals surface area contributed by atoms with E-state index in [0.29, 0.717) is 6.04 Å². The quantitative estimate of drug-likeness (QED) is 0.853. The smallest absolute Gasteiger partial charge is 0.0900 e. The van der Waals surface area contributed by atoms with Crippen molar-refractivity contribution in [2.24, 2.45) is 5.92 Å². The summed E-state index contributed by atoms with van der Waals surface area (Å²) < 4.78 is 0. The third-order valence-electron chi connectivity index (χ3n) is 2.83. The molecule has 84 valence electrons. The Morgan fingerprint density at radius 3 is 3.07 bits per heavy atom. The highest BCUT2D eigenvalue weighted by molar-refractivity contribution is 7.11. The van der Waals surface area contributed by atoms with Crippen molar-refractivity contribution in [1.82, 2.24) is 10.3 Å². The largest absolute Gasteiger partial charge is 0.309 e. The highest BCUT2D eigenvalue weighted by Crippen LogP contribution is 2.33. The van der Waals surface area contributed by atoms with Crippen LogP contribution in [-0.2, 0) is 6.42 Å². The van der Waals surface area contributed by atoms with Crippen LogP contribution in [-0.4, -0.2) is 11.5 Å². The van der Waals surface area contributed by atoms with E-state index in [1.54, 1.807) is 0 Å². The van der Waals surface area contributed by atoms with Gasteiger partial charge in [0.05, 0.1) is 10.7 Å². The third-order valence-corrected chi connectivity index (χ3v) is 3.96. The molecule has 0 saturated carbocycles. The summed E-state index contributed by atoms with van der Waals surface area (Å²) >= 11 is 1.88. The molecule has 1 N–H and O–H groups in total. The minimum absolute atomic E-state index is 0.572. The summed E-state index contributed by atoms with van der Waals surface area (Å²) in [5, 5.41) is 4.88. The van der Waals surface area contributed by atoms with Gasteiger partial charge in [0.2, 0.25) is 0 Å². The molecule has 0 saturated heterocycles. The van der Waals surface area contributed by atoms with Crippen molar-refractivity contribution in [3.05, 3.63) is 15.6 Å². The van der Waals surface area contributed by atoms with Crippen LogP contribution in [0.4, 0.5) is 0 Å². The van der Waals surface area contributed by atoms with Crippen LogP contribution in [0.1, 0.15) is 48.3 Å².